The van der Waals surface area contributed by atoms with Crippen LogP contribution in [-0.4, -0.2) is 26.5 Å². The second-order valence-electron chi connectivity index (χ2n) is 6.78. The van der Waals surface area contributed by atoms with Gasteiger partial charge in [0.2, 0.25) is 5.91 Å². The van der Waals surface area contributed by atoms with E-state index in [4.69, 9.17) is 5.73 Å². The van der Waals surface area contributed by atoms with Gasteiger partial charge in [0.05, 0.1) is 34.3 Å². The number of phenolic OH excluding ortho intramolecular Hbond substituents is 1. The third kappa shape index (κ3) is 5.04. The van der Waals surface area contributed by atoms with E-state index in [1.807, 2.05) is 0 Å². The first-order chi connectivity index (χ1) is 15.3. The third-order valence-electron chi connectivity index (χ3n) is 4.46. The topological polar surface area (TPSA) is 143 Å². The van der Waals surface area contributed by atoms with Crippen molar-refractivity contribution in [1.29, 1.82) is 0 Å². The van der Waals surface area contributed by atoms with Crippen molar-refractivity contribution in [2.24, 2.45) is 10.2 Å². The highest BCUT2D eigenvalue weighted by atomic mass is 32.2. The molecule has 33 heavy (non-hydrogen) atoms. The van der Waals surface area contributed by atoms with E-state index in [1.54, 1.807) is 0 Å². The maximum atomic E-state index is 13.5. The van der Waals surface area contributed by atoms with E-state index in [-0.39, 0.29) is 32.7 Å². The lowest BCUT2D eigenvalue weighted by Crippen LogP contribution is -2.09. The van der Waals surface area contributed by atoms with Crippen LogP contribution in [0.3, 0.4) is 0 Å². The fourth-order valence-corrected chi connectivity index (χ4v) is 3.72. The Bertz CT molecular complexity index is 1390. The number of benzene rings is 3. The summed E-state index contributed by atoms with van der Waals surface area (Å²) in [6.45, 7) is 1.15. The van der Waals surface area contributed by atoms with Crippen LogP contribution in [0.15, 0.2) is 57.6 Å². The molecule has 9 nitrogen and oxygen atoms in total. The Morgan fingerprint density at radius 3 is 2.42 bits per heavy atom. The summed E-state index contributed by atoms with van der Waals surface area (Å²) in [5.41, 5.74) is 3.91. The SMILES string of the molecule is COS(=O)(=O)c1cc(O)c2c(N=Nc3ccc(NC(C)=O)cc3C(F)(F)F)c(N)ccc2c1. The highest BCUT2D eigenvalue weighted by molar-refractivity contribution is 7.86. The Balaban J connectivity index is 2.16. The summed E-state index contributed by atoms with van der Waals surface area (Å²) in [5, 5.41) is 20.3. The highest BCUT2D eigenvalue weighted by Crippen LogP contribution is 2.42. The van der Waals surface area contributed by atoms with Crippen LogP contribution in [0.25, 0.3) is 10.8 Å². The molecule has 4 N–H and O–H groups in total. The summed E-state index contributed by atoms with van der Waals surface area (Å²) in [6, 6.07) is 7.78. The molecule has 0 aromatic heterocycles. The lowest BCUT2D eigenvalue weighted by Gasteiger charge is -2.12. The first-order valence-corrected chi connectivity index (χ1v) is 10.5. The molecule has 3 aromatic rings. The highest BCUT2D eigenvalue weighted by Gasteiger charge is 2.34. The molecule has 0 fully saturated rings. The normalized spacial score (nSPS) is 12.4. The van der Waals surface area contributed by atoms with E-state index in [0.29, 0.717) is 6.07 Å². The van der Waals surface area contributed by atoms with Gasteiger partial charge in [0, 0.05) is 18.7 Å². The van der Waals surface area contributed by atoms with Gasteiger partial charge in [0.25, 0.3) is 10.1 Å². The molecule has 0 atom stereocenters. The van der Waals surface area contributed by atoms with Gasteiger partial charge < -0.3 is 16.2 Å². The van der Waals surface area contributed by atoms with Crippen molar-refractivity contribution >= 4 is 49.5 Å². The Hall–Kier alpha value is -3.71. The zero-order chi connectivity index (χ0) is 24.6. The molecule has 13 heteroatoms. The summed E-state index contributed by atoms with van der Waals surface area (Å²) in [6.07, 6.45) is -4.81. The number of halogens is 3. The molecular formula is C20H17F3N4O5S. The average Bonchev–Trinajstić information content (AvgIpc) is 2.72. The van der Waals surface area contributed by atoms with Crippen molar-refractivity contribution in [2.75, 3.05) is 18.2 Å². The first kappa shape index (κ1) is 23.9. The van der Waals surface area contributed by atoms with Gasteiger partial charge in [-0.3, -0.25) is 8.98 Å². The molecule has 1 amide bonds. The zero-order valence-corrected chi connectivity index (χ0v) is 18.0. The molecule has 3 rings (SSSR count). The Morgan fingerprint density at radius 1 is 1.12 bits per heavy atom. The van der Waals surface area contributed by atoms with Gasteiger partial charge in [-0.25, -0.2) is 0 Å². The Labute approximate surface area is 185 Å². The number of carbonyl (C=O) groups excluding carboxylic acids is 1. The number of fused-ring (bicyclic) bond motifs is 1. The summed E-state index contributed by atoms with van der Waals surface area (Å²) < 4.78 is 68.9. The fourth-order valence-electron chi connectivity index (χ4n) is 3.00. The molecule has 3 aromatic carbocycles. The minimum Gasteiger partial charge on any atom is -0.507 e. The van der Waals surface area contributed by atoms with Crippen molar-refractivity contribution in [3.8, 4) is 5.75 Å². The van der Waals surface area contributed by atoms with Gasteiger partial charge in [0.15, 0.2) is 0 Å². The van der Waals surface area contributed by atoms with Gasteiger partial charge >= 0.3 is 6.18 Å². The second kappa shape index (κ2) is 8.67. The molecule has 0 saturated heterocycles. The number of nitrogen functional groups attached to an aromatic ring is 1. The lowest BCUT2D eigenvalue weighted by molar-refractivity contribution is -0.137. The molecule has 0 unspecified atom stereocenters. The quantitative estimate of drug-likeness (QED) is 0.269. The van der Waals surface area contributed by atoms with Crippen molar-refractivity contribution in [3.63, 3.8) is 0 Å². The van der Waals surface area contributed by atoms with E-state index < -0.39 is 39.2 Å². The number of aromatic hydroxyl groups is 1. The number of amides is 1. The van der Waals surface area contributed by atoms with Crippen LogP contribution in [0.2, 0.25) is 0 Å². The van der Waals surface area contributed by atoms with E-state index in [9.17, 15) is 31.5 Å². The number of nitrogens with one attached hydrogen (secondary N) is 1. The van der Waals surface area contributed by atoms with Crippen LogP contribution in [0.4, 0.5) is 35.9 Å². The largest absolute Gasteiger partial charge is 0.507 e. The number of azo groups is 1. The maximum Gasteiger partial charge on any atom is 0.418 e. The van der Waals surface area contributed by atoms with E-state index in [1.165, 1.54) is 24.3 Å². The van der Waals surface area contributed by atoms with Crippen molar-refractivity contribution < 1.29 is 35.7 Å². The number of nitrogens with two attached hydrogens (primary N) is 1. The Morgan fingerprint density at radius 2 is 1.82 bits per heavy atom. The summed E-state index contributed by atoms with van der Waals surface area (Å²) in [7, 11) is -3.17. The summed E-state index contributed by atoms with van der Waals surface area (Å²) in [5.74, 6) is -1.09. The number of phenols is 1. The molecule has 0 spiro atoms. The fraction of sp³-hybridized carbons (Fsp3) is 0.150. The summed E-state index contributed by atoms with van der Waals surface area (Å²) in [4.78, 5) is 10.8. The lowest BCUT2D eigenvalue weighted by atomic mass is 10.1. The number of alkyl halides is 3. The monoisotopic (exact) mass is 482 g/mol. The first-order valence-electron chi connectivity index (χ1n) is 9.10. The molecular weight excluding hydrogens is 465 g/mol. The third-order valence-corrected chi connectivity index (χ3v) is 5.71. The summed E-state index contributed by atoms with van der Waals surface area (Å²) >= 11 is 0. The zero-order valence-electron chi connectivity index (χ0n) is 17.1. The number of hydrogen-bond donors (Lipinski definition) is 3. The van der Waals surface area contributed by atoms with Gasteiger partial charge in [0.1, 0.15) is 11.4 Å². The number of nitrogens with zero attached hydrogens (tertiary/aromatic N) is 2. The number of rotatable bonds is 5. The Kier molecular flexibility index (Phi) is 6.29. The van der Waals surface area contributed by atoms with E-state index >= 15 is 0 Å². The molecule has 0 aliphatic carbocycles. The predicted octanol–water partition coefficient (Wildman–Crippen LogP) is 4.86. The molecule has 0 aliphatic rings. The van der Waals surface area contributed by atoms with E-state index in [2.05, 4.69) is 19.7 Å². The standard InChI is InChI=1S/C20H17F3N4O5S/c1-10(28)25-12-4-6-16(14(8-12)20(21,22)23)26-27-19-15(24)5-3-11-7-13(33(30,31)32-2)9-17(29)18(11)19/h3-9,29H,24H2,1-2H3,(H,25,28). The number of anilines is 2. The van der Waals surface area contributed by atoms with Crippen molar-refractivity contribution in [3.05, 3.63) is 48.0 Å². The molecule has 0 bridgehead atoms. The van der Waals surface area contributed by atoms with Crippen LogP contribution in [0, 0.1) is 0 Å². The average molecular weight is 482 g/mol. The van der Waals surface area contributed by atoms with Crippen LogP contribution in [0.1, 0.15) is 12.5 Å². The van der Waals surface area contributed by atoms with Crippen LogP contribution in [-0.2, 0) is 25.3 Å². The minimum atomic E-state index is -4.81. The number of carbonyl (C=O) groups is 1. The number of hydrogen-bond acceptors (Lipinski definition) is 8. The molecule has 0 saturated carbocycles. The van der Waals surface area contributed by atoms with Crippen LogP contribution in [0.5, 0.6) is 5.75 Å². The van der Waals surface area contributed by atoms with Crippen LogP contribution < -0.4 is 11.1 Å². The van der Waals surface area contributed by atoms with Gasteiger partial charge in [-0.05, 0) is 35.7 Å². The maximum absolute atomic E-state index is 13.5. The van der Waals surface area contributed by atoms with Crippen molar-refractivity contribution in [1.82, 2.24) is 0 Å². The van der Waals surface area contributed by atoms with Crippen LogP contribution >= 0.6 is 0 Å². The van der Waals surface area contributed by atoms with Gasteiger partial charge in [-0.1, -0.05) is 6.07 Å². The molecule has 0 heterocycles. The van der Waals surface area contributed by atoms with E-state index in [0.717, 1.165) is 26.2 Å². The van der Waals surface area contributed by atoms with Gasteiger partial charge in [-0.2, -0.15) is 21.6 Å². The predicted molar refractivity (Wildman–Crippen MR) is 114 cm³/mol. The molecule has 0 radical (unpaired) electrons. The second-order valence-corrected chi connectivity index (χ2v) is 8.49. The van der Waals surface area contributed by atoms with Crippen molar-refractivity contribution in [2.45, 2.75) is 18.0 Å². The molecule has 174 valence electrons. The van der Waals surface area contributed by atoms with Gasteiger partial charge in [-0.15, -0.1) is 10.2 Å². The minimum absolute atomic E-state index is 0.0165. The smallest absolute Gasteiger partial charge is 0.418 e. The molecule has 0 aliphatic heterocycles.